The van der Waals surface area contributed by atoms with Crippen LogP contribution in [0.15, 0.2) is 54.6 Å². The van der Waals surface area contributed by atoms with E-state index in [4.69, 9.17) is 9.47 Å². The Bertz CT molecular complexity index is 804. The highest BCUT2D eigenvalue weighted by molar-refractivity contribution is 5.84. The van der Waals surface area contributed by atoms with Gasteiger partial charge in [-0.25, -0.2) is 0 Å². The summed E-state index contributed by atoms with van der Waals surface area (Å²) in [7, 11) is 1.63. The first-order valence-electron chi connectivity index (χ1n) is 12.2. The van der Waals surface area contributed by atoms with Gasteiger partial charge in [-0.3, -0.25) is 9.59 Å². The van der Waals surface area contributed by atoms with Gasteiger partial charge < -0.3 is 14.8 Å². The number of ketones is 1. The molecule has 1 N–H and O–H groups in total. The molecular formula is C28H39NO4. The van der Waals surface area contributed by atoms with E-state index in [0.29, 0.717) is 26.0 Å². The van der Waals surface area contributed by atoms with Gasteiger partial charge in [0.25, 0.3) is 0 Å². The van der Waals surface area contributed by atoms with E-state index in [-0.39, 0.29) is 18.1 Å². The van der Waals surface area contributed by atoms with Gasteiger partial charge in [0.1, 0.15) is 11.9 Å². The summed E-state index contributed by atoms with van der Waals surface area (Å²) in [5, 5.41) is 2.93. The smallest absolute Gasteiger partial charge is 0.220 e. The van der Waals surface area contributed by atoms with Crippen molar-refractivity contribution < 1.29 is 19.1 Å². The Morgan fingerprint density at radius 1 is 0.848 bits per heavy atom. The van der Waals surface area contributed by atoms with Crippen LogP contribution in [0.5, 0.6) is 5.75 Å². The highest BCUT2D eigenvalue weighted by Crippen LogP contribution is 2.15. The van der Waals surface area contributed by atoms with E-state index in [2.05, 4.69) is 12.2 Å². The standard InChI is InChI=1S/C28H39NO4/c1-3-4-5-6-7-11-14-26(30)27(33-22-24-12-9-8-10-13-24)19-20-28(31)29-21-23-15-17-25(32-2)18-16-23/h8-10,12-13,15-18,27H,3-7,11,14,19-22H2,1-2H3,(H,29,31)/t27-/m0/s1. The Labute approximate surface area is 198 Å². The lowest BCUT2D eigenvalue weighted by Gasteiger charge is -2.17. The van der Waals surface area contributed by atoms with Crippen molar-refractivity contribution in [2.24, 2.45) is 0 Å². The van der Waals surface area contributed by atoms with E-state index >= 15 is 0 Å². The van der Waals surface area contributed by atoms with Gasteiger partial charge >= 0.3 is 0 Å². The number of methoxy groups -OCH3 is 1. The van der Waals surface area contributed by atoms with Gasteiger partial charge in [-0.1, -0.05) is 81.5 Å². The number of Topliss-reactive ketones (excluding diaryl/α,β-unsaturated/α-hetero) is 1. The SMILES string of the molecule is CCCCCCCCC(=O)[C@H](CCC(=O)NCc1ccc(OC)cc1)OCc1ccccc1. The van der Waals surface area contributed by atoms with Crippen molar-refractivity contribution in [3.05, 3.63) is 65.7 Å². The summed E-state index contributed by atoms with van der Waals surface area (Å²) < 4.78 is 11.1. The molecule has 0 saturated carbocycles. The first kappa shape index (κ1) is 26.6. The predicted octanol–water partition coefficient (Wildman–Crippen LogP) is 6.00. The first-order valence-corrected chi connectivity index (χ1v) is 12.2. The molecule has 1 amide bonds. The van der Waals surface area contributed by atoms with E-state index in [0.717, 1.165) is 29.7 Å². The molecule has 33 heavy (non-hydrogen) atoms. The summed E-state index contributed by atoms with van der Waals surface area (Å²) in [6.07, 6.45) is 7.45. The molecule has 0 aromatic heterocycles. The zero-order chi connectivity index (χ0) is 23.7. The maximum atomic E-state index is 12.8. The lowest BCUT2D eigenvalue weighted by Crippen LogP contribution is -2.28. The van der Waals surface area contributed by atoms with Crippen molar-refractivity contribution >= 4 is 11.7 Å². The Morgan fingerprint density at radius 3 is 2.24 bits per heavy atom. The van der Waals surface area contributed by atoms with Crippen LogP contribution in [0, 0.1) is 0 Å². The largest absolute Gasteiger partial charge is 0.497 e. The second-order valence-corrected chi connectivity index (χ2v) is 8.43. The van der Waals surface area contributed by atoms with Crippen molar-refractivity contribution in [3.63, 3.8) is 0 Å². The topological polar surface area (TPSA) is 64.6 Å². The van der Waals surface area contributed by atoms with Crippen LogP contribution < -0.4 is 10.1 Å². The molecule has 0 bridgehead atoms. The molecule has 0 spiro atoms. The second kappa shape index (κ2) is 16.0. The number of unbranched alkanes of at least 4 members (excludes halogenated alkanes) is 5. The van der Waals surface area contributed by atoms with Crippen LogP contribution in [0.4, 0.5) is 0 Å². The van der Waals surface area contributed by atoms with E-state index in [1.54, 1.807) is 7.11 Å². The third-order valence-electron chi connectivity index (χ3n) is 5.71. The predicted molar refractivity (Wildman–Crippen MR) is 132 cm³/mol. The molecule has 5 heteroatoms. The van der Waals surface area contributed by atoms with E-state index < -0.39 is 6.10 Å². The zero-order valence-electron chi connectivity index (χ0n) is 20.2. The number of hydrogen-bond acceptors (Lipinski definition) is 4. The number of benzene rings is 2. The van der Waals surface area contributed by atoms with Crippen LogP contribution in [-0.2, 0) is 27.5 Å². The lowest BCUT2D eigenvalue weighted by molar-refractivity contribution is -0.133. The first-order chi connectivity index (χ1) is 16.1. The number of nitrogens with one attached hydrogen (secondary N) is 1. The minimum Gasteiger partial charge on any atom is -0.497 e. The Morgan fingerprint density at radius 2 is 1.55 bits per heavy atom. The van der Waals surface area contributed by atoms with Crippen LogP contribution in [0.3, 0.4) is 0 Å². The van der Waals surface area contributed by atoms with Crippen molar-refractivity contribution in [1.82, 2.24) is 5.32 Å². The minimum atomic E-state index is -0.549. The molecule has 0 fully saturated rings. The van der Waals surface area contributed by atoms with E-state index in [9.17, 15) is 9.59 Å². The summed E-state index contributed by atoms with van der Waals surface area (Å²) >= 11 is 0. The van der Waals surface area contributed by atoms with Crippen molar-refractivity contribution in [2.75, 3.05) is 7.11 Å². The Balaban J connectivity index is 1.80. The summed E-state index contributed by atoms with van der Waals surface area (Å²) in [6.45, 7) is 3.02. The zero-order valence-corrected chi connectivity index (χ0v) is 20.2. The molecule has 0 radical (unpaired) electrons. The quantitative estimate of drug-likeness (QED) is 0.299. The Kier molecular flexibility index (Phi) is 12.9. The molecule has 2 aromatic carbocycles. The molecule has 0 aliphatic rings. The molecule has 0 saturated heterocycles. The van der Waals surface area contributed by atoms with Crippen molar-refractivity contribution in [1.29, 1.82) is 0 Å². The molecule has 0 unspecified atom stereocenters. The Hall–Kier alpha value is -2.66. The van der Waals surface area contributed by atoms with Gasteiger partial charge in [-0.05, 0) is 36.1 Å². The summed E-state index contributed by atoms with van der Waals surface area (Å²) in [5.74, 6) is 0.809. The second-order valence-electron chi connectivity index (χ2n) is 8.43. The van der Waals surface area contributed by atoms with Gasteiger partial charge in [-0.2, -0.15) is 0 Å². The fourth-order valence-corrected chi connectivity index (χ4v) is 3.64. The van der Waals surface area contributed by atoms with Crippen LogP contribution in [0.25, 0.3) is 0 Å². The molecule has 180 valence electrons. The van der Waals surface area contributed by atoms with Crippen molar-refractivity contribution in [2.45, 2.75) is 84.0 Å². The summed E-state index contributed by atoms with van der Waals surface area (Å²) in [4.78, 5) is 25.2. The monoisotopic (exact) mass is 453 g/mol. The third-order valence-corrected chi connectivity index (χ3v) is 5.71. The number of amides is 1. The summed E-state index contributed by atoms with van der Waals surface area (Å²) in [5.41, 5.74) is 2.03. The highest BCUT2D eigenvalue weighted by atomic mass is 16.5. The van der Waals surface area contributed by atoms with Crippen molar-refractivity contribution in [3.8, 4) is 5.75 Å². The van der Waals surface area contributed by atoms with Crippen LogP contribution in [0.2, 0.25) is 0 Å². The van der Waals surface area contributed by atoms with Crippen LogP contribution in [-0.4, -0.2) is 24.9 Å². The summed E-state index contributed by atoms with van der Waals surface area (Å²) in [6, 6.07) is 17.4. The maximum absolute atomic E-state index is 12.8. The molecular weight excluding hydrogens is 414 g/mol. The molecule has 2 rings (SSSR count). The molecule has 0 aliphatic carbocycles. The number of rotatable bonds is 17. The highest BCUT2D eigenvalue weighted by Gasteiger charge is 2.20. The average Bonchev–Trinajstić information content (AvgIpc) is 2.85. The molecule has 2 aromatic rings. The normalized spacial score (nSPS) is 11.7. The van der Waals surface area contributed by atoms with Gasteiger partial charge in [0, 0.05) is 19.4 Å². The number of carbonyl (C=O) groups excluding carboxylic acids is 2. The third kappa shape index (κ3) is 11.2. The number of hydrogen-bond donors (Lipinski definition) is 1. The van der Waals surface area contributed by atoms with E-state index in [1.165, 1.54) is 25.7 Å². The van der Waals surface area contributed by atoms with Gasteiger partial charge in [-0.15, -0.1) is 0 Å². The van der Waals surface area contributed by atoms with E-state index in [1.807, 2.05) is 54.6 Å². The van der Waals surface area contributed by atoms with Gasteiger partial charge in [0.2, 0.25) is 5.91 Å². The molecule has 0 aliphatic heterocycles. The molecule has 0 heterocycles. The van der Waals surface area contributed by atoms with Crippen LogP contribution >= 0.6 is 0 Å². The molecule has 5 nitrogen and oxygen atoms in total. The average molecular weight is 454 g/mol. The maximum Gasteiger partial charge on any atom is 0.220 e. The van der Waals surface area contributed by atoms with Crippen LogP contribution in [0.1, 0.15) is 75.8 Å². The molecule has 1 atom stereocenters. The fraction of sp³-hybridized carbons (Fsp3) is 0.500. The van der Waals surface area contributed by atoms with Gasteiger partial charge in [0.15, 0.2) is 5.78 Å². The number of ether oxygens (including phenoxy) is 2. The minimum absolute atomic E-state index is 0.0773. The number of carbonyl (C=O) groups is 2. The lowest BCUT2D eigenvalue weighted by atomic mass is 10.0. The van der Waals surface area contributed by atoms with Gasteiger partial charge in [0.05, 0.1) is 13.7 Å². The fourth-order valence-electron chi connectivity index (χ4n) is 3.64.